The van der Waals surface area contributed by atoms with Crippen molar-refractivity contribution in [3.63, 3.8) is 0 Å². The molecule has 0 spiro atoms. The van der Waals surface area contributed by atoms with Gasteiger partial charge in [-0.2, -0.15) is 5.26 Å². The third-order valence-corrected chi connectivity index (χ3v) is 3.13. The van der Waals surface area contributed by atoms with E-state index in [1.165, 1.54) is 5.56 Å². The molecule has 0 aliphatic rings. The summed E-state index contributed by atoms with van der Waals surface area (Å²) in [4.78, 5) is 0. The minimum absolute atomic E-state index is 0.447. The van der Waals surface area contributed by atoms with Crippen molar-refractivity contribution in [2.24, 2.45) is 0 Å². The highest BCUT2D eigenvalue weighted by Gasteiger charge is 2.02. The lowest BCUT2D eigenvalue weighted by atomic mass is 10.1. The molecule has 0 aromatic heterocycles. The van der Waals surface area contributed by atoms with Crippen LogP contribution in [0.2, 0.25) is 0 Å². The predicted octanol–water partition coefficient (Wildman–Crippen LogP) is 3.63. The molecule has 0 saturated carbocycles. The van der Waals surface area contributed by atoms with Gasteiger partial charge in [-0.1, -0.05) is 18.2 Å². The number of benzene rings is 2. The van der Waals surface area contributed by atoms with E-state index in [4.69, 9.17) is 14.7 Å². The maximum atomic E-state index is 8.81. The quantitative estimate of drug-likeness (QED) is 0.777. The standard InChI is InChI=1S/C17H17NO2/c1-13-5-3-8-17(14(13)2)20-10-9-19-16-7-4-6-15(11-16)12-18/h3-8,11H,9-10H2,1-2H3. The number of aryl methyl sites for hydroxylation is 1. The summed E-state index contributed by atoms with van der Waals surface area (Å²) in [6, 6.07) is 15.2. The largest absolute Gasteiger partial charge is 0.490 e. The van der Waals surface area contributed by atoms with Gasteiger partial charge in [-0.25, -0.2) is 0 Å². The van der Waals surface area contributed by atoms with Crippen molar-refractivity contribution in [1.82, 2.24) is 0 Å². The van der Waals surface area contributed by atoms with E-state index < -0.39 is 0 Å². The number of hydrogen-bond donors (Lipinski definition) is 0. The van der Waals surface area contributed by atoms with Crippen molar-refractivity contribution >= 4 is 0 Å². The monoisotopic (exact) mass is 267 g/mol. The fourth-order valence-electron chi connectivity index (χ4n) is 1.85. The van der Waals surface area contributed by atoms with Crippen molar-refractivity contribution < 1.29 is 9.47 Å². The second-order valence-electron chi connectivity index (χ2n) is 4.53. The van der Waals surface area contributed by atoms with E-state index >= 15 is 0 Å². The lowest BCUT2D eigenvalue weighted by molar-refractivity contribution is 0.216. The average molecular weight is 267 g/mol. The van der Waals surface area contributed by atoms with E-state index in [0.717, 1.165) is 11.3 Å². The number of nitriles is 1. The van der Waals surface area contributed by atoms with Crippen LogP contribution in [0.15, 0.2) is 42.5 Å². The van der Waals surface area contributed by atoms with Crippen LogP contribution in [-0.4, -0.2) is 13.2 Å². The molecular weight excluding hydrogens is 250 g/mol. The molecule has 2 aromatic carbocycles. The first-order chi connectivity index (χ1) is 9.70. The summed E-state index contributed by atoms with van der Waals surface area (Å²) in [6.07, 6.45) is 0. The summed E-state index contributed by atoms with van der Waals surface area (Å²) in [7, 11) is 0. The fraction of sp³-hybridized carbons (Fsp3) is 0.235. The molecule has 0 aliphatic carbocycles. The normalized spacial score (nSPS) is 9.85. The maximum Gasteiger partial charge on any atom is 0.122 e. The summed E-state index contributed by atoms with van der Waals surface area (Å²) >= 11 is 0. The highest BCUT2D eigenvalue weighted by atomic mass is 16.5. The van der Waals surface area contributed by atoms with E-state index in [2.05, 4.69) is 19.1 Å². The Bertz CT molecular complexity index is 629. The molecule has 2 aromatic rings. The van der Waals surface area contributed by atoms with E-state index in [0.29, 0.717) is 24.5 Å². The first kappa shape index (κ1) is 14.0. The second-order valence-corrected chi connectivity index (χ2v) is 4.53. The van der Waals surface area contributed by atoms with Crippen molar-refractivity contribution in [1.29, 1.82) is 5.26 Å². The van der Waals surface area contributed by atoms with Crippen LogP contribution < -0.4 is 9.47 Å². The molecule has 0 saturated heterocycles. The molecule has 0 N–H and O–H groups in total. The van der Waals surface area contributed by atoms with E-state index in [1.54, 1.807) is 18.2 Å². The van der Waals surface area contributed by atoms with Gasteiger partial charge in [0, 0.05) is 0 Å². The number of nitrogens with zero attached hydrogens (tertiary/aromatic N) is 1. The zero-order chi connectivity index (χ0) is 14.4. The molecule has 0 atom stereocenters. The molecule has 0 amide bonds. The third kappa shape index (κ3) is 3.52. The summed E-state index contributed by atoms with van der Waals surface area (Å²) < 4.78 is 11.3. The Labute approximate surface area is 119 Å². The van der Waals surface area contributed by atoms with Crippen LogP contribution in [0.1, 0.15) is 16.7 Å². The topological polar surface area (TPSA) is 42.2 Å². The van der Waals surface area contributed by atoms with Crippen LogP contribution in [0.3, 0.4) is 0 Å². The summed E-state index contributed by atoms with van der Waals surface area (Å²) in [5.74, 6) is 1.58. The highest BCUT2D eigenvalue weighted by Crippen LogP contribution is 2.20. The molecule has 102 valence electrons. The van der Waals surface area contributed by atoms with Crippen molar-refractivity contribution in [2.75, 3.05) is 13.2 Å². The Balaban J connectivity index is 1.85. The predicted molar refractivity (Wildman–Crippen MR) is 78.1 cm³/mol. The summed E-state index contributed by atoms with van der Waals surface area (Å²) in [6.45, 7) is 5.03. The number of rotatable bonds is 5. The van der Waals surface area contributed by atoms with Crippen LogP contribution >= 0.6 is 0 Å². The molecule has 0 radical (unpaired) electrons. The Morgan fingerprint density at radius 2 is 1.75 bits per heavy atom. The Morgan fingerprint density at radius 1 is 1.00 bits per heavy atom. The number of hydrogen-bond acceptors (Lipinski definition) is 3. The highest BCUT2D eigenvalue weighted by molar-refractivity contribution is 5.38. The van der Waals surface area contributed by atoms with Gasteiger partial charge in [0.05, 0.1) is 11.6 Å². The van der Waals surface area contributed by atoms with Crippen molar-refractivity contribution in [3.8, 4) is 17.6 Å². The molecule has 20 heavy (non-hydrogen) atoms. The van der Waals surface area contributed by atoms with Gasteiger partial charge < -0.3 is 9.47 Å². The van der Waals surface area contributed by atoms with Gasteiger partial charge in [0.2, 0.25) is 0 Å². The number of ether oxygens (including phenoxy) is 2. The minimum atomic E-state index is 0.447. The zero-order valence-corrected chi connectivity index (χ0v) is 11.7. The fourth-order valence-corrected chi connectivity index (χ4v) is 1.85. The van der Waals surface area contributed by atoms with Crippen molar-refractivity contribution in [2.45, 2.75) is 13.8 Å². The first-order valence-corrected chi connectivity index (χ1v) is 6.52. The molecular formula is C17H17NO2. The maximum absolute atomic E-state index is 8.81. The van der Waals surface area contributed by atoms with Gasteiger partial charge in [0.25, 0.3) is 0 Å². The molecule has 2 rings (SSSR count). The van der Waals surface area contributed by atoms with Crippen LogP contribution in [0.5, 0.6) is 11.5 Å². The third-order valence-electron chi connectivity index (χ3n) is 3.13. The SMILES string of the molecule is Cc1cccc(OCCOc2cccc(C#N)c2)c1C. The van der Waals surface area contributed by atoms with Gasteiger partial charge in [0.1, 0.15) is 24.7 Å². The van der Waals surface area contributed by atoms with E-state index in [9.17, 15) is 0 Å². The van der Waals surface area contributed by atoms with Gasteiger partial charge in [-0.15, -0.1) is 0 Å². The van der Waals surface area contributed by atoms with Gasteiger partial charge in [0.15, 0.2) is 0 Å². The van der Waals surface area contributed by atoms with Gasteiger partial charge in [-0.05, 0) is 49.2 Å². The summed E-state index contributed by atoms with van der Waals surface area (Å²) in [5, 5.41) is 8.81. The second kappa shape index (κ2) is 6.63. The van der Waals surface area contributed by atoms with Gasteiger partial charge >= 0.3 is 0 Å². The molecule has 3 heteroatoms. The minimum Gasteiger partial charge on any atom is -0.490 e. The van der Waals surface area contributed by atoms with Crippen LogP contribution in [-0.2, 0) is 0 Å². The Kier molecular flexibility index (Phi) is 4.62. The van der Waals surface area contributed by atoms with E-state index in [-0.39, 0.29) is 0 Å². The van der Waals surface area contributed by atoms with Crippen LogP contribution in [0.25, 0.3) is 0 Å². The average Bonchev–Trinajstić information content (AvgIpc) is 2.48. The Hall–Kier alpha value is -2.47. The lowest BCUT2D eigenvalue weighted by Crippen LogP contribution is -2.09. The van der Waals surface area contributed by atoms with Gasteiger partial charge in [-0.3, -0.25) is 0 Å². The zero-order valence-electron chi connectivity index (χ0n) is 11.7. The molecule has 0 bridgehead atoms. The first-order valence-electron chi connectivity index (χ1n) is 6.52. The van der Waals surface area contributed by atoms with Crippen molar-refractivity contribution in [3.05, 3.63) is 59.2 Å². The lowest BCUT2D eigenvalue weighted by Gasteiger charge is -2.11. The molecule has 0 fully saturated rings. The summed E-state index contributed by atoms with van der Waals surface area (Å²) in [5.41, 5.74) is 2.96. The Morgan fingerprint density at radius 3 is 2.55 bits per heavy atom. The van der Waals surface area contributed by atoms with E-state index in [1.807, 2.05) is 25.1 Å². The molecule has 0 unspecified atom stereocenters. The van der Waals surface area contributed by atoms with Crippen LogP contribution in [0.4, 0.5) is 0 Å². The van der Waals surface area contributed by atoms with Crippen LogP contribution in [0, 0.1) is 25.2 Å². The smallest absolute Gasteiger partial charge is 0.122 e. The molecule has 3 nitrogen and oxygen atoms in total. The molecule has 0 heterocycles. The molecule has 0 aliphatic heterocycles.